The van der Waals surface area contributed by atoms with Gasteiger partial charge in [-0.15, -0.1) is 0 Å². The summed E-state index contributed by atoms with van der Waals surface area (Å²) in [6.07, 6.45) is 5.02. The van der Waals surface area contributed by atoms with E-state index in [0.29, 0.717) is 44.2 Å². The highest BCUT2D eigenvalue weighted by Gasteiger charge is 2.75. The fourth-order valence-corrected chi connectivity index (χ4v) is 9.46. The molecule has 4 aliphatic carbocycles. The van der Waals surface area contributed by atoms with Crippen LogP contribution in [-0.2, 0) is 20.8 Å². The molecule has 3 saturated carbocycles. The number of hydrogen-bond donors (Lipinski definition) is 6. The highest BCUT2D eigenvalue weighted by atomic mass is 19.1. The predicted octanol–water partition coefficient (Wildman–Crippen LogP) is 3.59. The Labute approximate surface area is 288 Å². The van der Waals surface area contributed by atoms with Crippen molar-refractivity contribution >= 4 is 23.2 Å². The largest absolute Gasteiger partial charge is 0.490 e. The Kier molecular flexibility index (Phi) is 10.1. The minimum Gasteiger partial charge on any atom is -0.490 e. The van der Waals surface area contributed by atoms with Crippen LogP contribution in [0.15, 0.2) is 42.0 Å². The van der Waals surface area contributed by atoms with Crippen molar-refractivity contribution in [3.63, 3.8) is 0 Å². The zero-order valence-corrected chi connectivity index (χ0v) is 29.5. The number of ketones is 2. The van der Waals surface area contributed by atoms with E-state index >= 15 is 4.39 Å². The summed E-state index contributed by atoms with van der Waals surface area (Å²) in [5.41, 5.74) is -3.38. The monoisotopic (exact) mass is 684 g/mol. The first-order chi connectivity index (χ1) is 22.8. The second-order valence-electron chi connectivity index (χ2n) is 16.2. The molecule has 0 radical (unpaired) electrons. The summed E-state index contributed by atoms with van der Waals surface area (Å²) in [6, 6.07) is 5.59. The third-order valence-electron chi connectivity index (χ3n) is 12.1. The van der Waals surface area contributed by atoms with Crippen LogP contribution in [0.1, 0.15) is 79.2 Å². The van der Waals surface area contributed by atoms with Crippen molar-refractivity contribution in [3.8, 4) is 5.75 Å². The zero-order valence-electron chi connectivity index (χ0n) is 29.5. The van der Waals surface area contributed by atoms with E-state index in [1.54, 1.807) is 26.8 Å². The van der Waals surface area contributed by atoms with E-state index in [0.717, 1.165) is 17.0 Å². The van der Waals surface area contributed by atoms with Gasteiger partial charge in [0.25, 0.3) is 0 Å². The van der Waals surface area contributed by atoms with E-state index < -0.39 is 58.5 Å². The maximum atomic E-state index is 16.9. The molecule has 1 heterocycles. The highest BCUT2D eigenvalue weighted by Crippen LogP contribution is 2.70. The molecule has 1 aliphatic heterocycles. The van der Waals surface area contributed by atoms with Gasteiger partial charge in [-0.2, -0.15) is 0 Å². The number of anilines is 1. The van der Waals surface area contributed by atoms with Crippen LogP contribution < -0.4 is 15.4 Å². The quantitative estimate of drug-likeness (QED) is 0.252. The van der Waals surface area contributed by atoms with Gasteiger partial charge in [0.1, 0.15) is 30.7 Å². The molecule has 1 amide bonds. The molecule has 5 aliphatic rings. The number of amides is 1. The van der Waals surface area contributed by atoms with Gasteiger partial charge in [0.15, 0.2) is 17.2 Å². The van der Waals surface area contributed by atoms with Crippen molar-refractivity contribution in [2.75, 3.05) is 25.1 Å². The van der Waals surface area contributed by atoms with Gasteiger partial charge in [0.2, 0.25) is 5.91 Å². The molecule has 6 rings (SSSR count). The second kappa shape index (κ2) is 13.3. The van der Waals surface area contributed by atoms with E-state index in [2.05, 4.69) is 31.4 Å². The fraction of sp³-hybridized carbons (Fsp3) is 0.658. The van der Waals surface area contributed by atoms with Gasteiger partial charge in [0, 0.05) is 46.5 Å². The molecule has 11 heteroatoms. The molecule has 9 atom stereocenters. The van der Waals surface area contributed by atoms with Gasteiger partial charge in [-0.3, -0.25) is 14.4 Å². The Morgan fingerprint density at radius 3 is 2.55 bits per heavy atom. The molecule has 49 heavy (non-hydrogen) atoms. The third kappa shape index (κ3) is 6.30. The lowest BCUT2D eigenvalue weighted by Crippen LogP contribution is -2.69. The third-order valence-corrected chi connectivity index (χ3v) is 12.1. The standard InChI is InChI=1S/C22H29FO5.C16H24N2O3/c1-12-8-16-15-5-4-13-9-14(25)6-7-19(13,2)21(15,23)17(26)10-20(16,3)22(12,28)18(27)11-24;1-16(2,3)17-9-11(19)10-21-14-6-4-5-13-12(14)7-8-15(20)18-13/h6-7,9,12,15-17,24,26,28H,4-5,8,10-11H2,1-3H3;4-6,11,17,19H,7-10H2,1-3H3,(H,18,20)/t12-,15-,16-,17-,19-,20-,21-,22-;/m0./s1. The summed E-state index contributed by atoms with van der Waals surface area (Å²) < 4.78 is 22.6. The number of nitrogens with one attached hydrogen (secondary N) is 2. The highest BCUT2D eigenvalue weighted by molar-refractivity contribution is 6.01. The van der Waals surface area contributed by atoms with Crippen LogP contribution in [0, 0.1) is 28.6 Å². The molecule has 0 aromatic heterocycles. The van der Waals surface area contributed by atoms with Crippen LogP contribution in [0.25, 0.3) is 0 Å². The van der Waals surface area contributed by atoms with Gasteiger partial charge in [0.05, 0.1) is 6.10 Å². The summed E-state index contributed by atoms with van der Waals surface area (Å²) in [6.45, 7) is 11.3. The number of aliphatic hydroxyl groups is 4. The molecule has 0 bridgehead atoms. The van der Waals surface area contributed by atoms with Gasteiger partial charge in [-0.1, -0.05) is 31.6 Å². The molecular weight excluding hydrogens is 631 g/mol. The maximum Gasteiger partial charge on any atom is 0.224 e. The number of benzene rings is 1. The van der Waals surface area contributed by atoms with Gasteiger partial charge >= 0.3 is 0 Å². The van der Waals surface area contributed by atoms with Gasteiger partial charge in [-0.25, -0.2) is 4.39 Å². The second-order valence-corrected chi connectivity index (χ2v) is 16.2. The first kappa shape index (κ1) is 37.3. The van der Waals surface area contributed by atoms with Crippen molar-refractivity contribution in [1.29, 1.82) is 0 Å². The van der Waals surface area contributed by atoms with Crippen molar-refractivity contribution in [2.45, 2.75) is 109 Å². The molecular formula is C38H53FN2O8. The minimum absolute atomic E-state index is 0.0306. The van der Waals surface area contributed by atoms with Gasteiger partial charge in [-0.05, 0) is 95.9 Å². The van der Waals surface area contributed by atoms with E-state index in [4.69, 9.17) is 4.74 Å². The molecule has 1 aromatic rings. The Morgan fingerprint density at radius 2 is 1.88 bits per heavy atom. The Bertz CT molecular complexity index is 1540. The number of ether oxygens (including phenoxy) is 1. The van der Waals surface area contributed by atoms with Crippen LogP contribution in [0.3, 0.4) is 0 Å². The topological polar surface area (TPSA) is 165 Å². The van der Waals surface area contributed by atoms with E-state index in [1.807, 2.05) is 18.2 Å². The van der Waals surface area contributed by atoms with Crippen LogP contribution in [0.2, 0.25) is 0 Å². The van der Waals surface area contributed by atoms with Crippen molar-refractivity contribution in [1.82, 2.24) is 5.32 Å². The smallest absolute Gasteiger partial charge is 0.224 e. The summed E-state index contributed by atoms with van der Waals surface area (Å²) in [7, 11) is 0. The molecule has 1 unspecified atom stereocenters. The number of carbonyl (C=O) groups is 3. The lowest BCUT2D eigenvalue weighted by molar-refractivity contribution is -0.219. The average molecular weight is 685 g/mol. The fourth-order valence-electron chi connectivity index (χ4n) is 9.46. The van der Waals surface area contributed by atoms with Crippen molar-refractivity contribution < 1.29 is 43.9 Å². The predicted molar refractivity (Wildman–Crippen MR) is 183 cm³/mol. The first-order valence-corrected chi connectivity index (χ1v) is 17.5. The lowest BCUT2D eigenvalue weighted by Gasteiger charge is -2.62. The summed E-state index contributed by atoms with van der Waals surface area (Å²) >= 11 is 0. The molecule has 0 saturated heterocycles. The number of hydrogen-bond acceptors (Lipinski definition) is 9. The lowest BCUT2D eigenvalue weighted by atomic mass is 9.44. The normalized spacial score (nSPS) is 36.9. The first-order valence-electron chi connectivity index (χ1n) is 17.5. The molecule has 0 spiro atoms. The van der Waals surface area contributed by atoms with Crippen molar-refractivity contribution in [3.05, 3.63) is 47.6 Å². The number of Topliss-reactive ketones (excluding diaryl/α,β-unsaturated/α-hetero) is 1. The number of aliphatic hydroxyl groups excluding tert-OH is 3. The van der Waals surface area contributed by atoms with Crippen LogP contribution >= 0.6 is 0 Å². The summed E-state index contributed by atoms with van der Waals surface area (Å²) in [5.74, 6) is -1.34. The summed E-state index contributed by atoms with van der Waals surface area (Å²) in [5, 5.41) is 48.0. The number of halogens is 1. The molecule has 3 fully saturated rings. The van der Waals surface area contributed by atoms with Crippen LogP contribution in [-0.4, -0.2) is 86.7 Å². The summed E-state index contributed by atoms with van der Waals surface area (Å²) in [4.78, 5) is 35.8. The van der Waals surface area contributed by atoms with Crippen LogP contribution in [0.5, 0.6) is 5.75 Å². The number of fused-ring (bicyclic) bond motifs is 6. The van der Waals surface area contributed by atoms with Crippen molar-refractivity contribution in [2.24, 2.45) is 28.6 Å². The maximum absolute atomic E-state index is 16.9. The van der Waals surface area contributed by atoms with Crippen LogP contribution in [0.4, 0.5) is 10.1 Å². The van der Waals surface area contributed by atoms with E-state index in [9.17, 15) is 34.8 Å². The molecule has 1 aromatic carbocycles. The Morgan fingerprint density at radius 1 is 1.16 bits per heavy atom. The van der Waals surface area contributed by atoms with Gasteiger partial charge < -0.3 is 35.8 Å². The molecule has 270 valence electrons. The Balaban J connectivity index is 0.000000200. The number of alkyl halides is 1. The zero-order chi connectivity index (χ0) is 36.2. The Hall–Kier alpha value is -2.96. The SMILES string of the molecule is CC(C)(C)NCC(O)COc1cccc2c1CCC(=O)N2.C[C@H]1C[C@H]2[C@@H]3CCC4=CC(=O)C=C[C@]4(C)[C@@]3(F)[C@@H](O)C[C@]2(C)[C@@]1(O)C(=O)CO. The minimum atomic E-state index is -1.98. The average Bonchev–Trinajstić information content (AvgIpc) is 3.24. The number of carbonyl (C=O) groups excluding carboxylic acids is 3. The molecule has 10 nitrogen and oxygen atoms in total. The molecule has 6 N–H and O–H groups in total. The number of β-amino-alcohol motifs (C(OH)–C–C–N with tert-alkyl or cyclic N) is 1. The van der Waals surface area contributed by atoms with E-state index in [1.165, 1.54) is 12.2 Å². The van der Waals surface area contributed by atoms with E-state index in [-0.39, 0.29) is 36.2 Å². The number of rotatable bonds is 7. The number of allylic oxidation sites excluding steroid dienone is 4.